The van der Waals surface area contributed by atoms with Gasteiger partial charge in [0.1, 0.15) is 11.9 Å². The molecule has 3 nitrogen and oxygen atoms in total. The number of rotatable bonds is 6. The number of phenols is 1. The van der Waals surface area contributed by atoms with Gasteiger partial charge in [0, 0.05) is 11.7 Å². The van der Waals surface area contributed by atoms with Gasteiger partial charge in [0.05, 0.1) is 5.25 Å². The average molecular weight is 531 g/mol. The Balaban J connectivity index is 1.49. The van der Waals surface area contributed by atoms with Gasteiger partial charge in [-0.2, -0.15) is 0 Å². The van der Waals surface area contributed by atoms with E-state index >= 15 is 0 Å². The van der Waals surface area contributed by atoms with Gasteiger partial charge in [0.25, 0.3) is 0 Å². The van der Waals surface area contributed by atoms with Crippen molar-refractivity contribution >= 4 is 17.7 Å². The van der Waals surface area contributed by atoms with Crippen molar-refractivity contribution in [1.82, 2.24) is 0 Å². The summed E-state index contributed by atoms with van der Waals surface area (Å²) >= 11 is 1.91. The van der Waals surface area contributed by atoms with E-state index in [1.54, 1.807) is 0 Å². The van der Waals surface area contributed by atoms with Gasteiger partial charge >= 0.3 is 5.97 Å². The summed E-state index contributed by atoms with van der Waals surface area (Å²) < 4.78 is 6.17. The molecule has 1 fully saturated rings. The summed E-state index contributed by atoms with van der Waals surface area (Å²) in [7, 11) is 0. The number of carbonyl (C=O) groups is 1. The Bertz CT molecular complexity index is 1190. The number of hydrogen-bond acceptors (Lipinski definition) is 4. The van der Waals surface area contributed by atoms with Crippen LogP contribution in [0.2, 0.25) is 0 Å². The van der Waals surface area contributed by atoms with E-state index in [9.17, 15) is 9.90 Å². The molecule has 1 N–H and O–H groups in total. The molecule has 0 aliphatic carbocycles. The molecule has 1 heterocycles. The highest BCUT2D eigenvalue weighted by Gasteiger charge is 2.35. The quantitative estimate of drug-likeness (QED) is 0.323. The van der Waals surface area contributed by atoms with Crippen LogP contribution in [0.4, 0.5) is 0 Å². The number of benzene rings is 3. The van der Waals surface area contributed by atoms with Crippen LogP contribution in [0.3, 0.4) is 0 Å². The minimum atomic E-state index is -0.196. The summed E-state index contributed by atoms with van der Waals surface area (Å²) in [5, 5.41) is 11.5. The number of ether oxygens (including phenoxy) is 1. The van der Waals surface area contributed by atoms with E-state index in [0.29, 0.717) is 23.8 Å². The zero-order valence-electron chi connectivity index (χ0n) is 23.7. The molecule has 0 saturated carbocycles. The van der Waals surface area contributed by atoms with E-state index in [4.69, 9.17) is 4.74 Å². The normalized spacial score (nSPS) is 20.2. The van der Waals surface area contributed by atoms with Gasteiger partial charge in [0.2, 0.25) is 0 Å². The van der Waals surface area contributed by atoms with E-state index in [1.807, 2.05) is 17.8 Å². The molecule has 0 radical (unpaired) electrons. The summed E-state index contributed by atoms with van der Waals surface area (Å²) in [4.78, 5) is 13.2. The minimum absolute atomic E-state index is 0.104. The largest absolute Gasteiger partial charge is 0.507 e. The van der Waals surface area contributed by atoms with Gasteiger partial charge in [-0.05, 0) is 57.9 Å². The van der Waals surface area contributed by atoms with E-state index < -0.39 is 0 Å². The molecular formula is C34H42O3S. The fourth-order valence-electron chi connectivity index (χ4n) is 5.23. The molecule has 0 amide bonds. The minimum Gasteiger partial charge on any atom is -0.507 e. The van der Waals surface area contributed by atoms with Crippen LogP contribution >= 0.6 is 11.8 Å². The van der Waals surface area contributed by atoms with Crippen molar-refractivity contribution in [1.29, 1.82) is 0 Å². The lowest BCUT2D eigenvalue weighted by molar-refractivity contribution is -0.149. The van der Waals surface area contributed by atoms with Gasteiger partial charge in [-0.3, -0.25) is 4.79 Å². The SMILES string of the molecule is CC(C)(C)c1cc(CCC(=O)O[C@@H]2CC[C@H](c3ccccc3)S[C@@H]2c2ccccc2)cc(C(C)(C)C)c1O. The molecule has 4 rings (SSSR count). The number of aryl methyl sites for hydroxylation is 1. The number of aromatic hydroxyl groups is 1. The molecule has 1 saturated heterocycles. The van der Waals surface area contributed by atoms with Crippen molar-refractivity contribution in [2.45, 2.75) is 94.7 Å². The molecule has 0 spiro atoms. The van der Waals surface area contributed by atoms with Gasteiger partial charge in [-0.1, -0.05) is 114 Å². The molecule has 0 unspecified atom stereocenters. The van der Waals surface area contributed by atoms with Gasteiger partial charge in [0.15, 0.2) is 0 Å². The zero-order chi connectivity index (χ0) is 27.5. The van der Waals surface area contributed by atoms with Crippen LogP contribution in [-0.4, -0.2) is 17.2 Å². The van der Waals surface area contributed by atoms with Crippen LogP contribution in [0.15, 0.2) is 72.8 Å². The van der Waals surface area contributed by atoms with Crippen LogP contribution < -0.4 is 0 Å². The molecule has 1 aliphatic rings. The topological polar surface area (TPSA) is 46.5 Å². The number of carbonyl (C=O) groups excluding carboxylic acids is 1. The highest BCUT2D eigenvalue weighted by molar-refractivity contribution is 7.99. The molecule has 3 atom stereocenters. The second kappa shape index (κ2) is 11.6. The molecule has 3 aromatic carbocycles. The van der Waals surface area contributed by atoms with E-state index in [2.05, 4.69) is 108 Å². The van der Waals surface area contributed by atoms with Gasteiger partial charge in [-0.25, -0.2) is 0 Å². The Kier molecular flexibility index (Phi) is 8.62. The molecule has 38 heavy (non-hydrogen) atoms. The monoisotopic (exact) mass is 530 g/mol. The lowest BCUT2D eigenvalue weighted by Crippen LogP contribution is -2.28. The Morgan fingerprint density at radius 1 is 0.842 bits per heavy atom. The molecule has 0 aromatic heterocycles. The lowest BCUT2D eigenvalue weighted by atomic mass is 9.78. The fourth-order valence-corrected chi connectivity index (χ4v) is 6.85. The van der Waals surface area contributed by atoms with Gasteiger partial charge in [-0.15, -0.1) is 11.8 Å². The maximum absolute atomic E-state index is 13.2. The molecule has 4 heteroatoms. The number of esters is 1. The molecule has 1 aliphatic heterocycles. The molecular weight excluding hydrogens is 488 g/mol. The maximum Gasteiger partial charge on any atom is 0.306 e. The highest BCUT2D eigenvalue weighted by atomic mass is 32.2. The van der Waals surface area contributed by atoms with Gasteiger partial charge < -0.3 is 9.84 Å². The standard InChI is InChI=1S/C34H42O3S/c1-33(2,3)26-21-23(22-27(31(26)36)34(4,5)6)17-20-30(35)37-28-18-19-29(24-13-9-7-10-14-24)38-32(28)25-15-11-8-12-16-25/h7-16,21-22,28-29,32,36H,17-20H2,1-6H3/t28-,29-,32-/m1/s1. The number of phenolic OH excluding ortho intramolecular Hbond substituents is 1. The van der Waals surface area contributed by atoms with Crippen molar-refractivity contribution in [2.24, 2.45) is 0 Å². The first kappa shape index (κ1) is 28.3. The average Bonchev–Trinajstić information content (AvgIpc) is 2.88. The Hall–Kier alpha value is -2.72. The smallest absolute Gasteiger partial charge is 0.306 e. The van der Waals surface area contributed by atoms with E-state index in [1.165, 1.54) is 11.1 Å². The lowest BCUT2D eigenvalue weighted by Gasteiger charge is -2.36. The zero-order valence-corrected chi connectivity index (χ0v) is 24.5. The first-order valence-corrected chi connectivity index (χ1v) is 14.7. The summed E-state index contributed by atoms with van der Waals surface area (Å²) in [5.74, 6) is 0.214. The van der Waals surface area contributed by atoms with Crippen LogP contribution in [0.5, 0.6) is 5.75 Å². The summed E-state index contributed by atoms with van der Waals surface area (Å²) in [5.41, 5.74) is 5.06. The maximum atomic E-state index is 13.2. The fraction of sp³-hybridized carbons (Fsp3) is 0.441. The predicted molar refractivity (Wildman–Crippen MR) is 159 cm³/mol. The van der Waals surface area contributed by atoms with E-state index in [-0.39, 0.29) is 28.2 Å². The molecule has 0 bridgehead atoms. The van der Waals surface area contributed by atoms with Crippen molar-refractivity contribution in [3.8, 4) is 5.75 Å². The Labute approximate surface area is 233 Å². The first-order valence-electron chi connectivity index (χ1n) is 13.7. The second-order valence-corrected chi connectivity index (χ2v) is 13.9. The van der Waals surface area contributed by atoms with Crippen molar-refractivity contribution in [3.63, 3.8) is 0 Å². The Morgan fingerprint density at radius 2 is 1.37 bits per heavy atom. The molecule has 3 aromatic rings. The first-order chi connectivity index (χ1) is 17.9. The number of hydrogen-bond donors (Lipinski definition) is 1. The van der Waals surface area contributed by atoms with Crippen LogP contribution in [0.1, 0.15) is 99.1 Å². The summed E-state index contributed by atoms with van der Waals surface area (Å²) in [6, 6.07) is 25.2. The van der Waals surface area contributed by atoms with Crippen LogP contribution in [0.25, 0.3) is 0 Å². The third-order valence-corrected chi connectivity index (χ3v) is 9.05. The van der Waals surface area contributed by atoms with Crippen molar-refractivity contribution in [2.75, 3.05) is 0 Å². The third kappa shape index (κ3) is 6.83. The predicted octanol–water partition coefficient (Wildman–Crippen LogP) is 8.84. The Morgan fingerprint density at radius 3 is 1.89 bits per heavy atom. The highest BCUT2D eigenvalue weighted by Crippen LogP contribution is 2.51. The third-order valence-electron chi connectivity index (χ3n) is 7.35. The van der Waals surface area contributed by atoms with Crippen molar-refractivity contribution in [3.05, 3.63) is 101 Å². The van der Waals surface area contributed by atoms with E-state index in [0.717, 1.165) is 29.5 Å². The number of thioether (sulfide) groups is 1. The van der Waals surface area contributed by atoms with Crippen molar-refractivity contribution < 1.29 is 14.6 Å². The van der Waals surface area contributed by atoms with Crippen LogP contribution in [-0.2, 0) is 26.8 Å². The second-order valence-electron chi connectivity index (χ2n) is 12.5. The summed E-state index contributed by atoms with van der Waals surface area (Å²) in [6.07, 6.45) is 2.60. The molecule has 202 valence electrons. The van der Waals surface area contributed by atoms with Crippen LogP contribution in [0, 0.1) is 0 Å². The summed E-state index contributed by atoms with van der Waals surface area (Å²) in [6.45, 7) is 12.7.